The number of ketones is 1. The van der Waals surface area contributed by atoms with Crippen LogP contribution in [0.1, 0.15) is 60.5 Å². The third-order valence-corrected chi connectivity index (χ3v) is 6.95. The zero-order valence-electron chi connectivity index (χ0n) is 21.8. The number of rotatable bonds is 9. The SMILES string of the molecule is CCCCCOc1cccc(C2C(=C(O)c3nc4c(C)cccn4c3C)C(=O)C(=O)N2Cc2ccco2)c1. The van der Waals surface area contributed by atoms with Crippen LogP contribution in [0.3, 0.4) is 0 Å². The maximum Gasteiger partial charge on any atom is 0.296 e. The van der Waals surface area contributed by atoms with Crippen molar-refractivity contribution in [2.75, 3.05) is 6.61 Å². The minimum absolute atomic E-state index is 0.00570. The molecule has 1 atom stereocenters. The van der Waals surface area contributed by atoms with Crippen molar-refractivity contribution in [1.29, 1.82) is 0 Å². The van der Waals surface area contributed by atoms with Gasteiger partial charge in [-0.2, -0.15) is 0 Å². The van der Waals surface area contributed by atoms with Crippen LogP contribution in [0.25, 0.3) is 11.4 Å². The maximum absolute atomic E-state index is 13.5. The monoisotopic (exact) mass is 513 g/mol. The van der Waals surface area contributed by atoms with Crippen LogP contribution in [0.5, 0.6) is 5.75 Å². The zero-order chi connectivity index (χ0) is 26.8. The summed E-state index contributed by atoms with van der Waals surface area (Å²) in [6.45, 7) is 6.54. The number of amides is 1. The number of likely N-dealkylation sites (tertiary alicyclic amines) is 1. The van der Waals surface area contributed by atoms with Gasteiger partial charge >= 0.3 is 0 Å². The summed E-state index contributed by atoms with van der Waals surface area (Å²) in [7, 11) is 0. The van der Waals surface area contributed by atoms with Crippen LogP contribution in [0.15, 0.2) is 71.0 Å². The van der Waals surface area contributed by atoms with Crippen molar-refractivity contribution in [1.82, 2.24) is 14.3 Å². The van der Waals surface area contributed by atoms with E-state index in [1.807, 2.05) is 60.8 Å². The fourth-order valence-electron chi connectivity index (χ4n) is 4.95. The van der Waals surface area contributed by atoms with Gasteiger partial charge in [-0.1, -0.05) is 38.0 Å². The predicted octanol–water partition coefficient (Wildman–Crippen LogP) is 5.74. The molecule has 0 spiro atoms. The van der Waals surface area contributed by atoms with Gasteiger partial charge in [0.1, 0.15) is 22.9 Å². The highest BCUT2D eigenvalue weighted by Gasteiger charge is 2.47. The van der Waals surface area contributed by atoms with Gasteiger partial charge in [0, 0.05) is 6.20 Å². The average molecular weight is 514 g/mol. The first kappa shape index (κ1) is 25.3. The number of pyridine rings is 1. The zero-order valence-corrected chi connectivity index (χ0v) is 21.8. The lowest BCUT2D eigenvalue weighted by Crippen LogP contribution is -2.29. The molecule has 1 aliphatic heterocycles. The first-order valence-electron chi connectivity index (χ1n) is 12.9. The number of hydrogen-bond acceptors (Lipinski definition) is 6. The lowest BCUT2D eigenvalue weighted by atomic mass is 9.96. The number of hydrogen-bond donors (Lipinski definition) is 1. The Morgan fingerprint density at radius 1 is 1.11 bits per heavy atom. The molecule has 1 aliphatic rings. The Morgan fingerprint density at radius 3 is 2.68 bits per heavy atom. The van der Waals surface area contributed by atoms with Gasteiger partial charge in [0.2, 0.25) is 0 Å². The predicted molar refractivity (Wildman–Crippen MR) is 143 cm³/mol. The van der Waals surface area contributed by atoms with Gasteiger partial charge in [-0.15, -0.1) is 0 Å². The Kier molecular flexibility index (Phi) is 7.05. The summed E-state index contributed by atoms with van der Waals surface area (Å²) in [5.41, 5.74) is 3.20. The fourth-order valence-corrected chi connectivity index (χ4v) is 4.95. The van der Waals surface area contributed by atoms with Gasteiger partial charge < -0.3 is 23.6 Å². The van der Waals surface area contributed by atoms with Crippen LogP contribution < -0.4 is 4.74 Å². The summed E-state index contributed by atoms with van der Waals surface area (Å²) in [4.78, 5) is 32.9. The standard InChI is InChI=1S/C30H31N3O5/c1-4-5-6-15-37-22-12-7-11-21(17-22)26-24(28(35)30(36)33(26)18-23-13-9-16-38-23)27(34)25-20(3)32-14-8-10-19(2)29(32)31-25/h7-14,16-17,26,34H,4-6,15,18H2,1-3H3. The number of fused-ring (bicyclic) bond motifs is 1. The van der Waals surface area contributed by atoms with Crippen molar-refractivity contribution < 1.29 is 23.8 Å². The Hall–Kier alpha value is -4.33. The number of aliphatic hydroxyl groups is 1. The summed E-state index contributed by atoms with van der Waals surface area (Å²) in [6, 6.07) is 13.8. The van der Waals surface area contributed by atoms with Crippen LogP contribution in [0.4, 0.5) is 0 Å². The van der Waals surface area contributed by atoms with Crippen molar-refractivity contribution in [2.45, 2.75) is 52.6 Å². The number of imidazole rings is 1. The third kappa shape index (κ3) is 4.58. The second kappa shape index (κ2) is 10.6. The molecular formula is C30H31N3O5. The van der Waals surface area contributed by atoms with Crippen LogP contribution in [-0.2, 0) is 16.1 Å². The molecule has 0 bridgehead atoms. The molecule has 1 amide bonds. The second-order valence-corrected chi connectivity index (χ2v) is 9.57. The van der Waals surface area contributed by atoms with Crippen molar-refractivity contribution in [2.24, 2.45) is 0 Å². The van der Waals surface area contributed by atoms with Gasteiger partial charge in [-0.05, 0) is 61.7 Å². The molecule has 3 aromatic heterocycles. The van der Waals surface area contributed by atoms with E-state index in [-0.39, 0.29) is 23.6 Å². The Labute approximate surface area is 221 Å². The van der Waals surface area contributed by atoms with Gasteiger partial charge in [-0.3, -0.25) is 9.59 Å². The van der Waals surface area contributed by atoms with E-state index in [0.29, 0.717) is 35.0 Å². The molecule has 1 saturated heterocycles. The summed E-state index contributed by atoms with van der Waals surface area (Å²) in [5.74, 6) is -0.600. The molecule has 8 nitrogen and oxygen atoms in total. The molecule has 1 N–H and O–H groups in total. The van der Waals surface area contributed by atoms with Crippen LogP contribution >= 0.6 is 0 Å². The number of furan rings is 1. The first-order chi connectivity index (χ1) is 18.4. The largest absolute Gasteiger partial charge is 0.505 e. The fraction of sp³-hybridized carbons (Fsp3) is 0.300. The van der Waals surface area contributed by atoms with Crippen LogP contribution in [-0.4, -0.2) is 37.7 Å². The van der Waals surface area contributed by atoms with E-state index in [1.54, 1.807) is 12.1 Å². The number of carbonyl (C=O) groups excluding carboxylic acids is 2. The van der Waals surface area contributed by atoms with Gasteiger partial charge in [0.05, 0.1) is 36.7 Å². The summed E-state index contributed by atoms with van der Waals surface area (Å²) in [6.07, 6.45) is 6.47. The molecule has 0 saturated carbocycles. The molecule has 196 valence electrons. The van der Waals surface area contributed by atoms with Crippen molar-refractivity contribution in [3.8, 4) is 5.75 Å². The Morgan fingerprint density at radius 2 is 1.95 bits per heavy atom. The van der Waals surface area contributed by atoms with Crippen LogP contribution in [0, 0.1) is 13.8 Å². The molecule has 1 unspecified atom stereocenters. The highest BCUT2D eigenvalue weighted by molar-refractivity contribution is 6.46. The van der Waals surface area contributed by atoms with E-state index in [0.717, 1.165) is 24.8 Å². The summed E-state index contributed by atoms with van der Waals surface area (Å²) < 4.78 is 13.3. The maximum atomic E-state index is 13.5. The number of carbonyl (C=O) groups is 2. The number of aromatic nitrogens is 2. The van der Waals surface area contributed by atoms with Crippen molar-refractivity contribution >= 4 is 23.1 Å². The van der Waals surface area contributed by atoms with Gasteiger partial charge in [-0.25, -0.2) is 4.98 Å². The molecule has 38 heavy (non-hydrogen) atoms. The number of nitrogens with zero attached hydrogens (tertiary/aromatic N) is 3. The Balaban J connectivity index is 1.62. The molecule has 0 aliphatic carbocycles. The van der Waals surface area contributed by atoms with E-state index >= 15 is 0 Å². The molecule has 5 rings (SSSR count). The molecule has 4 heterocycles. The number of ether oxygens (including phenoxy) is 1. The van der Waals surface area contributed by atoms with E-state index in [2.05, 4.69) is 11.9 Å². The second-order valence-electron chi connectivity index (χ2n) is 9.57. The summed E-state index contributed by atoms with van der Waals surface area (Å²) >= 11 is 0. The number of Topliss-reactive ketones (excluding diaryl/α,β-unsaturated/α-hetero) is 1. The van der Waals surface area contributed by atoms with E-state index < -0.39 is 17.7 Å². The van der Waals surface area contributed by atoms with E-state index in [1.165, 1.54) is 11.2 Å². The Bertz CT molecular complexity index is 1520. The molecule has 4 aromatic rings. The normalized spacial score (nSPS) is 17.0. The van der Waals surface area contributed by atoms with E-state index in [9.17, 15) is 14.7 Å². The van der Waals surface area contributed by atoms with Crippen molar-refractivity contribution in [3.63, 3.8) is 0 Å². The molecule has 0 radical (unpaired) electrons. The number of benzene rings is 1. The molecule has 1 fully saturated rings. The van der Waals surface area contributed by atoms with E-state index in [4.69, 9.17) is 9.15 Å². The minimum atomic E-state index is -0.843. The quantitative estimate of drug-likeness (QED) is 0.133. The molecular weight excluding hydrogens is 482 g/mol. The van der Waals surface area contributed by atoms with Crippen molar-refractivity contribution in [3.05, 3.63) is 94.8 Å². The smallest absolute Gasteiger partial charge is 0.296 e. The molecule has 8 heteroatoms. The van der Waals surface area contributed by atoms with Gasteiger partial charge in [0.15, 0.2) is 5.76 Å². The topological polar surface area (TPSA) is 97.3 Å². The summed E-state index contributed by atoms with van der Waals surface area (Å²) in [5, 5.41) is 11.6. The number of unbranched alkanes of at least 4 members (excludes halogenated alkanes) is 2. The lowest BCUT2D eigenvalue weighted by molar-refractivity contribution is -0.140. The lowest BCUT2D eigenvalue weighted by Gasteiger charge is -2.24. The highest BCUT2D eigenvalue weighted by atomic mass is 16.5. The highest BCUT2D eigenvalue weighted by Crippen LogP contribution is 2.41. The number of aryl methyl sites for hydroxylation is 2. The third-order valence-electron chi connectivity index (χ3n) is 6.95. The number of aliphatic hydroxyl groups excluding tert-OH is 1. The molecule has 1 aromatic carbocycles. The van der Waals surface area contributed by atoms with Crippen LogP contribution in [0.2, 0.25) is 0 Å². The van der Waals surface area contributed by atoms with Gasteiger partial charge in [0.25, 0.3) is 11.7 Å². The first-order valence-corrected chi connectivity index (χ1v) is 12.9. The average Bonchev–Trinajstić information content (AvgIpc) is 3.62. The minimum Gasteiger partial charge on any atom is -0.505 e.